The highest BCUT2D eigenvalue weighted by Gasteiger charge is 2.33. The number of hydrogen-bond donors (Lipinski definition) is 0. The van der Waals surface area contributed by atoms with E-state index in [0.717, 1.165) is 0 Å². The van der Waals surface area contributed by atoms with E-state index in [1.165, 1.54) is 41.4 Å². The second-order valence-corrected chi connectivity index (χ2v) is 11.4. The minimum atomic E-state index is -1.67. The molecule has 0 aliphatic rings. The van der Waals surface area contributed by atoms with Crippen LogP contribution >= 0.6 is 10.0 Å². The van der Waals surface area contributed by atoms with Gasteiger partial charge in [0, 0.05) is 48.4 Å². The Bertz CT molecular complexity index is 1450. The molecular formula is C31H25NS. The van der Waals surface area contributed by atoms with E-state index < -0.39 is 10.0 Å². The molecule has 0 atom stereocenters. The maximum Gasteiger partial charge on any atom is 0.0489 e. The minimum Gasteiger partial charge on any atom is -0.344 e. The number of para-hydroxylation sites is 1. The van der Waals surface area contributed by atoms with Crippen LogP contribution in [0, 0.1) is 0 Å². The Labute approximate surface area is 196 Å². The van der Waals surface area contributed by atoms with E-state index in [0.29, 0.717) is 0 Å². The zero-order valence-corrected chi connectivity index (χ0v) is 19.4. The van der Waals surface area contributed by atoms with Gasteiger partial charge in [0.1, 0.15) is 0 Å². The van der Waals surface area contributed by atoms with Crippen LogP contribution in [-0.2, 0) is 7.05 Å². The third-order valence-electron chi connectivity index (χ3n) is 6.53. The summed E-state index contributed by atoms with van der Waals surface area (Å²) in [4.78, 5) is 5.40. The fourth-order valence-corrected chi connectivity index (χ4v) is 8.92. The highest BCUT2D eigenvalue weighted by molar-refractivity contribution is 8.34. The first kappa shape index (κ1) is 19.9. The van der Waals surface area contributed by atoms with E-state index in [2.05, 4.69) is 145 Å². The molecular weight excluding hydrogens is 418 g/mol. The van der Waals surface area contributed by atoms with Gasteiger partial charge in [-0.15, -0.1) is 10.0 Å². The number of nitrogens with zero attached hydrogens (tertiary/aromatic N) is 1. The lowest BCUT2D eigenvalue weighted by Gasteiger charge is -2.42. The number of benzene rings is 5. The van der Waals surface area contributed by atoms with Crippen molar-refractivity contribution < 1.29 is 0 Å². The van der Waals surface area contributed by atoms with E-state index in [9.17, 15) is 0 Å². The van der Waals surface area contributed by atoms with Crippen LogP contribution in [0.25, 0.3) is 21.8 Å². The number of aromatic nitrogens is 1. The van der Waals surface area contributed by atoms with E-state index in [1.807, 2.05) is 0 Å². The predicted octanol–water partition coefficient (Wildman–Crippen LogP) is 8.67. The Morgan fingerprint density at radius 2 is 0.879 bits per heavy atom. The zero-order chi connectivity index (χ0) is 22.3. The second kappa shape index (κ2) is 7.99. The van der Waals surface area contributed by atoms with Crippen LogP contribution < -0.4 is 0 Å². The lowest BCUT2D eigenvalue weighted by molar-refractivity contribution is 1.01. The molecule has 1 aromatic heterocycles. The van der Waals surface area contributed by atoms with Gasteiger partial charge in [-0.3, -0.25) is 0 Å². The van der Waals surface area contributed by atoms with Crippen LogP contribution in [0.15, 0.2) is 153 Å². The van der Waals surface area contributed by atoms with Gasteiger partial charge in [-0.2, -0.15) is 0 Å². The van der Waals surface area contributed by atoms with Crippen LogP contribution in [0.2, 0.25) is 0 Å². The molecule has 0 spiro atoms. The van der Waals surface area contributed by atoms with Gasteiger partial charge in [0.15, 0.2) is 0 Å². The minimum absolute atomic E-state index is 1.27. The van der Waals surface area contributed by atoms with Gasteiger partial charge in [-0.25, -0.2) is 0 Å². The van der Waals surface area contributed by atoms with Gasteiger partial charge < -0.3 is 4.57 Å². The Hall–Kier alpha value is -3.75. The summed E-state index contributed by atoms with van der Waals surface area (Å²) >= 11 is 0. The van der Waals surface area contributed by atoms with Crippen molar-refractivity contribution >= 4 is 31.8 Å². The topological polar surface area (TPSA) is 4.93 Å². The quantitative estimate of drug-likeness (QED) is 0.257. The van der Waals surface area contributed by atoms with Crippen LogP contribution in [-0.4, -0.2) is 4.57 Å². The standard InChI is InChI=1S/C31H25NS/c1-32-30-20-12-11-19-28(30)29-23-27(21-22-31(29)32)33(24-13-5-2-6-14-24,25-15-7-3-8-16-25)26-17-9-4-10-18-26/h2-23H,1H3. The van der Waals surface area contributed by atoms with E-state index in [4.69, 9.17) is 0 Å². The Morgan fingerprint density at radius 1 is 0.424 bits per heavy atom. The predicted molar refractivity (Wildman–Crippen MR) is 140 cm³/mol. The fraction of sp³-hybridized carbons (Fsp3) is 0.0323. The SMILES string of the molecule is Cn1c2ccccc2c2cc(S(c3ccccc3)(c3ccccc3)c3ccccc3)ccc21. The first-order valence-electron chi connectivity index (χ1n) is 11.3. The highest BCUT2D eigenvalue weighted by atomic mass is 32.3. The molecule has 1 heterocycles. The van der Waals surface area contributed by atoms with Crippen molar-refractivity contribution in [2.24, 2.45) is 7.05 Å². The summed E-state index contributed by atoms with van der Waals surface area (Å²) < 4.78 is 2.30. The molecule has 33 heavy (non-hydrogen) atoms. The lowest BCUT2D eigenvalue weighted by Crippen LogP contribution is -2.05. The Balaban J connectivity index is 1.77. The third-order valence-corrected chi connectivity index (χ3v) is 10.4. The van der Waals surface area contributed by atoms with Crippen molar-refractivity contribution in [2.75, 3.05) is 0 Å². The van der Waals surface area contributed by atoms with Gasteiger partial charge in [-0.05, 0) is 60.7 Å². The van der Waals surface area contributed by atoms with Crippen LogP contribution in [0.1, 0.15) is 0 Å². The van der Waals surface area contributed by atoms with Crippen LogP contribution in [0.5, 0.6) is 0 Å². The highest BCUT2D eigenvalue weighted by Crippen LogP contribution is 2.73. The van der Waals surface area contributed by atoms with E-state index in [1.54, 1.807) is 0 Å². The average molecular weight is 444 g/mol. The molecule has 0 N–H and O–H groups in total. The summed E-state index contributed by atoms with van der Waals surface area (Å²) in [5.74, 6) is 0. The van der Waals surface area contributed by atoms with Crippen molar-refractivity contribution in [3.05, 3.63) is 133 Å². The molecule has 0 saturated carbocycles. The lowest BCUT2D eigenvalue weighted by atomic mass is 10.1. The van der Waals surface area contributed by atoms with Gasteiger partial charge in [-0.1, -0.05) is 72.8 Å². The maximum absolute atomic E-state index is 2.44. The second-order valence-electron chi connectivity index (χ2n) is 8.31. The molecule has 0 unspecified atom stereocenters. The largest absolute Gasteiger partial charge is 0.344 e. The van der Waals surface area contributed by atoms with Crippen molar-refractivity contribution in [1.82, 2.24) is 4.57 Å². The number of fused-ring (bicyclic) bond motifs is 3. The molecule has 0 amide bonds. The number of rotatable bonds is 4. The first-order chi connectivity index (χ1) is 16.3. The molecule has 0 aliphatic heterocycles. The maximum atomic E-state index is 2.44. The molecule has 0 aliphatic carbocycles. The number of hydrogen-bond acceptors (Lipinski definition) is 0. The Morgan fingerprint density at radius 3 is 1.42 bits per heavy atom. The molecule has 0 radical (unpaired) electrons. The number of aryl methyl sites for hydroxylation is 1. The molecule has 160 valence electrons. The van der Waals surface area contributed by atoms with E-state index in [-0.39, 0.29) is 0 Å². The molecule has 0 bridgehead atoms. The van der Waals surface area contributed by atoms with Crippen molar-refractivity contribution in [3.8, 4) is 0 Å². The molecule has 5 aromatic carbocycles. The van der Waals surface area contributed by atoms with Crippen molar-refractivity contribution in [2.45, 2.75) is 19.6 Å². The third kappa shape index (κ3) is 3.02. The molecule has 0 fully saturated rings. The summed E-state index contributed by atoms with van der Waals surface area (Å²) in [6.45, 7) is 0. The fourth-order valence-electron chi connectivity index (χ4n) is 5.03. The molecule has 2 heteroatoms. The summed E-state index contributed by atoms with van der Waals surface area (Å²) in [6, 6.07) is 48.9. The zero-order valence-electron chi connectivity index (χ0n) is 18.6. The van der Waals surface area contributed by atoms with Crippen molar-refractivity contribution in [1.29, 1.82) is 0 Å². The van der Waals surface area contributed by atoms with E-state index >= 15 is 0 Å². The van der Waals surface area contributed by atoms with Gasteiger partial charge in [0.05, 0.1) is 0 Å². The average Bonchev–Trinajstić information content (AvgIpc) is 3.18. The smallest absolute Gasteiger partial charge is 0.0489 e. The monoisotopic (exact) mass is 443 g/mol. The van der Waals surface area contributed by atoms with Crippen LogP contribution in [0.4, 0.5) is 0 Å². The molecule has 6 aromatic rings. The molecule has 1 nitrogen and oxygen atoms in total. The van der Waals surface area contributed by atoms with Crippen molar-refractivity contribution in [3.63, 3.8) is 0 Å². The summed E-state index contributed by atoms with van der Waals surface area (Å²) in [5, 5.41) is 2.62. The molecule has 0 saturated heterocycles. The Kier molecular flexibility index (Phi) is 4.82. The van der Waals surface area contributed by atoms with Gasteiger partial charge >= 0.3 is 0 Å². The van der Waals surface area contributed by atoms with Crippen LogP contribution in [0.3, 0.4) is 0 Å². The molecule has 6 rings (SSSR count). The summed E-state index contributed by atoms with van der Waals surface area (Å²) in [5.41, 5.74) is 2.53. The van der Waals surface area contributed by atoms with Gasteiger partial charge in [0.25, 0.3) is 0 Å². The van der Waals surface area contributed by atoms with Gasteiger partial charge in [0.2, 0.25) is 0 Å². The normalized spacial score (nSPS) is 12.3. The summed E-state index contributed by atoms with van der Waals surface area (Å²) in [6.07, 6.45) is 0. The first-order valence-corrected chi connectivity index (χ1v) is 12.9. The summed E-state index contributed by atoms with van der Waals surface area (Å²) in [7, 11) is 0.491.